The van der Waals surface area contributed by atoms with Gasteiger partial charge in [-0.2, -0.15) is 0 Å². The second-order valence-corrected chi connectivity index (χ2v) is 6.81. The SMILES string of the molecule is CC(C)(C)c1nnsc1C(=O)Nc1nc(CCl)cs1. The highest BCUT2D eigenvalue weighted by Crippen LogP contribution is 2.27. The second kappa shape index (κ2) is 5.52. The van der Waals surface area contributed by atoms with Crippen molar-refractivity contribution in [2.75, 3.05) is 5.32 Å². The minimum Gasteiger partial charge on any atom is -0.297 e. The number of carbonyl (C=O) groups is 1. The molecular weight excluding hydrogens is 304 g/mol. The molecule has 0 radical (unpaired) electrons. The first-order chi connectivity index (χ1) is 8.91. The Morgan fingerprint density at radius 3 is 2.79 bits per heavy atom. The van der Waals surface area contributed by atoms with Crippen molar-refractivity contribution in [2.45, 2.75) is 32.1 Å². The van der Waals surface area contributed by atoms with Gasteiger partial charge in [-0.25, -0.2) is 4.98 Å². The molecule has 0 saturated carbocycles. The van der Waals surface area contributed by atoms with Crippen LogP contribution in [-0.4, -0.2) is 20.5 Å². The summed E-state index contributed by atoms with van der Waals surface area (Å²) in [6, 6.07) is 0. The van der Waals surface area contributed by atoms with Crippen LogP contribution in [0.1, 0.15) is 41.8 Å². The first-order valence-corrected chi connectivity index (χ1v) is 7.75. The summed E-state index contributed by atoms with van der Waals surface area (Å²) in [5.74, 6) is 0.109. The number of carbonyl (C=O) groups excluding carboxylic acids is 1. The lowest BCUT2D eigenvalue weighted by molar-refractivity contribution is 0.102. The van der Waals surface area contributed by atoms with Crippen LogP contribution in [-0.2, 0) is 11.3 Å². The number of aromatic nitrogens is 3. The number of anilines is 1. The Morgan fingerprint density at radius 1 is 1.47 bits per heavy atom. The maximum atomic E-state index is 12.2. The molecule has 0 aromatic carbocycles. The first kappa shape index (κ1) is 14.4. The Hall–Kier alpha value is -1.05. The minimum atomic E-state index is -0.226. The lowest BCUT2D eigenvalue weighted by Crippen LogP contribution is -2.19. The van der Waals surface area contributed by atoms with E-state index in [0.29, 0.717) is 21.6 Å². The molecular formula is C11H13ClN4OS2. The van der Waals surface area contributed by atoms with E-state index in [2.05, 4.69) is 19.9 Å². The normalized spacial score (nSPS) is 11.6. The van der Waals surface area contributed by atoms with Crippen LogP contribution in [0.25, 0.3) is 0 Å². The fourth-order valence-corrected chi connectivity index (χ4v) is 3.12. The fourth-order valence-electron chi connectivity index (χ4n) is 1.41. The van der Waals surface area contributed by atoms with Gasteiger partial charge in [-0.1, -0.05) is 25.3 Å². The summed E-state index contributed by atoms with van der Waals surface area (Å²) in [6.45, 7) is 5.99. The van der Waals surface area contributed by atoms with Crippen LogP contribution in [0.4, 0.5) is 5.13 Å². The van der Waals surface area contributed by atoms with E-state index in [0.717, 1.165) is 17.2 Å². The average molecular weight is 317 g/mol. The number of hydrogen-bond acceptors (Lipinski definition) is 6. The third-order valence-electron chi connectivity index (χ3n) is 2.31. The first-order valence-electron chi connectivity index (χ1n) is 5.56. The molecule has 19 heavy (non-hydrogen) atoms. The molecule has 0 fully saturated rings. The van der Waals surface area contributed by atoms with Gasteiger partial charge in [0.05, 0.1) is 17.3 Å². The Morgan fingerprint density at radius 2 is 2.21 bits per heavy atom. The summed E-state index contributed by atoms with van der Waals surface area (Å²) >= 11 is 8.12. The lowest BCUT2D eigenvalue weighted by atomic mass is 9.91. The Kier molecular flexibility index (Phi) is 4.17. The summed E-state index contributed by atoms with van der Waals surface area (Å²) in [6.07, 6.45) is 0. The molecule has 1 amide bonds. The van der Waals surface area contributed by atoms with Gasteiger partial charge in [0.2, 0.25) is 0 Å². The quantitative estimate of drug-likeness (QED) is 0.882. The summed E-state index contributed by atoms with van der Waals surface area (Å²) in [5.41, 5.74) is 1.23. The van der Waals surface area contributed by atoms with Gasteiger partial charge in [0.1, 0.15) is 4.88 Å². The summed E-state index contributed by atoms with van der Waals surface area (Å²) < 4.78 is 3.87. The molecule has 1 N–H and O–H groups in total. The van der Waals surface area contributed by atoms with Gasteiger partial charge >= 0.3 is 0 Å². The predicted octanol–water partition coefficient (Wildman–Crippen LogP) is 3.28. The molecule has 0 unspecified atom stereocenters. The third kappa shape index (κ3) is 3.29. The zero-order valence-corrected chi connectivity index (χ0v) is 13.1. The topological polar surface area (TPSA) is 67.8 Å². The number of thiazole rings is 1. The van der Waals surface area contributed by atoms with Crippen LogP contribution in [0, 0.1) is 0 Å². The maximum Gasteiger partial charge on any atom is 0.271 e. The molecule has 2 rings (SSSR count). The number of halogens is 1. The van der Waals surface area contributed by atoms with Crippen molar-refractivity contribution in [3.8, 4) is 0 Å². The summed E-state index contributed by atoms with van der Waals surface area (Å²) in [7, 11) is 0. The van der Waals surface area contributed by atoms with Crippen molar-refractivity contribution < 1.29 is 4.79 Å². The highest BCUT2D eigenvalue weighted by Gasteiger charge is 2.26. The number of nitrogens with zero attached hydrogens (tertiary/aromatic N) is 3. The number of nitrogens with one attached hydrogen (secondary N) is 1. The Balaban J connectivity index is 2.19. The molecule has 0 aliphatic carbocycles. The van der Waals surface area contributed by atoms with E-state index in [-0.39, 0.29) is 11.3 Å². The van der Waals surface area contributed by atoms with E-state index in [1.807, 2.05) is 26.2 Å². The number of hydrogen-bond donors (Lipinski definition) is 1. The van der Waals surface area contributed by atoms with Gasteiger partial charge in [-0.3, -0.25) is 10.1 Å². The number of alkyl halides is 1. The molecule has 0 bridgehead atoms. The van der Waals surface area contributed by atoms with Crippen LogP contribution in [0.2, 0.25) is 0 Å². The molecule has 0 aliphatic rings. The van der Waals surface area contributed by atoms with Crippen LogP contribution in [0.5, 0.6) is 0 Å². The van der Waals surface area contributed by atoms with E-state index >= 15 is 0 Å². The van der Waals surface area contributed by atoms with Gasteiger partial charge in [-0.15, -0.1) is 28.0 Å². The predicted molar refractivity (Wildman–Crippen MR) is 78.2 cm³/mol. The van der Waals surface area contributed by atoms with Crippen molar-refractivity contribution >= 4 is 45.5 Å². The summed E-state index contributed by atoms with van der Waals surface area (Å²) in [5, 5.41) is 9.15. The Bertz CT molecular complexity index is 588. The number of amides is 1. The van der Waals surface area contributed by atoms with Gasteiger partial charge in [0, 0.05) is 10.8 Å². The van der Waals surface area contributed by atoms with Crippen molar-refractivity contribution in [1.82, 2.24) is 14.6 Å². The van der Waals surface area contributed by atoms with Crippen molar-refractivity contribution in [1.29, 1.82) is 0 Å². The van der Waals surface area contributed by atoms with Gasteiger partial charge in [0.15, 0.2) is 5.13 Å². The van der Waals surface area contributed by atoms with Crippen molar-refractivity contribution in [3.05, 3.63) is 21.6 Å². The number of rotatable bonds is 3. The van der Waals surface area contributed by atoms with Gasteiger partial charge < -0.3 is 0 Å². The highest BCUT2D eigenvalue weighted by atomic mass is 35.5. The molecule has 102 valence electrons. The largest absolute Gasteiger partial charge is 0.297 e. The van der Waals surface area contributed by atoms with Crippen LogP contribution in [0.3, 0.4) is 0 Å². The smallest absolute Gasteiger partial charge is 0.271 e. The molecule has 0 aliphatic heterocycles. The maximum absolute atomic E-state index is 12.2. The molecule has 8 heteroatoms. The van der Waals surface area contributed by atoms with E-state index in [4.69, 9.17) is 11.6 Å². The highest BCUT2D eigenvalue weighted by molar-refractivity contribution is 7.14. The van der Waals surface area contributed by atoms with Crippen molar-refractivity contribution in [2.24, 2.45) is 0 Å². The van der Waals surface area contributed by atoms with Crippen molar-refractivity contribution in [3.63, 3.8) is 0 Å². The van der Waals surface area contributed by atoms with Gasteiger partial charge in [-0.05, 0) is 11.5 Å². The fraction of sp³-hybridized carbons (Fsp3) is 0.455. The zero-order chi connectivity index (χ0) is 14.0. The van der Waals surface area contributed by atoms with Crippen LogP contribution >= 0.6 is 34.5 Å². The standard InChI is InChI=1S/C11H13ClN4OS2/c1-11(2,3)8-7(19-16-15-8)9(17)14-10-13-6(4-12)5-18-10/h5H,4H2,1-3H3,(H,13,14,17). The third-order valence-corrected chi connectivity index (χ3v) is 4.12. The van der Waals surface area contributed by atoms with Gasteiger partial charge in [0.25, 0.3) is 5.91 Å². The van der Waals surface area contributed by atoms with E-state index < -0.39 is 0 Å². The average Bonchev–Trinajstić information content (AvgIpc) is 2.95. The van der Waals surface area contributed by atoms with Crippen LogP contribution < -0.4 is 5.32 Å². The summed E-state index contributed by atoms with van der Waals surface area (Å²) in [4.78, 5) is 16.9. The van der Waals surface area contributed by atoms with Crippen LogP contribution in [0.15, 0.2) is 5.38 Å². The van der Waals surface area contributed by atoms with E-state index in [1.165, 1.54) is 11.3 Å². The van der Waals surface area contributed by atoms with E-state index in [9.17, 15) is 4.79 Å². The Labute approximate surface area is 124 Å². The molecule has 2 aromatic rings. The minimum absolute atomic E-state index is 0.218. The molecule has 2 heterocycles. The lowest BCUT2D eigenvalue weighted by Gasteiger charge is -2.15. The second-order valence-electron chi connectivity index (χ2n) is 4.93. The molecule has 0 saturated heterocycles. The zero-order valence-electron chi connectivity index (χ0n) is 10.7. The molecule has 5 nitrogen and oxygen atoms in total. The van der Waals surface area contributed by atoms with E-state index in [1.54, 1.807) is 0 Å². The molecule has 2 aromatic heterocycles. The monoisotopic (exact) mass is 316 g/mol. The molecule has 0 atom stereocenters. The molecule has 0 spiro atoms.